The molecule has 0 aromatic heterocycles. The molecule has 0 fully saturated rings. The van der Waals surface area contributed by atoms with Gasteiger partial charge in [0.2, 0.25) is 5.78 Å². The van der Waals surface area contributed by atoms with Gasteiger partial charge in [-0.3, -0.25) is 9.79 Å². The van der Waals surface area contributed by atoms with Crippen LogP contribution < -0.4 is 0 Å². The van der Waals surface area contributed by atoms with Crippen molar-refractivity contribution < 1.29 is 9.18 Å². The molecule has 0 amide bonds. The largest absolute Gasteiger partial charge is 0.328 e. The Bertz CT molecular complexity index is 797. The van der Waals surface area contributed by atoms with Crippen LogP contribution in [-0.2, 0) is 6.42 Å². The molecule has 3 rings (SSSR count). The molecule has 5 heteroatoms. The van der Waals surface area contributed by atoms with Crippen molar-refractivity contribution in [1.82, 2.24) is 4.90 Å². The molecule has 25 heavy (non-hydrogen) atoms. The summed E-state index contributed by atoms with van der Waals surface area (Å²) in [4.78, 5) is 18.9. The van der Waals surface area contributed by atoms with E-state index in [-0.39, 0.29) is 11.6 Å². The van der Waals surface area contributed by atoms with E-state index >= 15 is 0 Å². The molecule has 0 saturated carbocycles. The van der Waals surface area contributed by atoms with Crippen molar-refractivity contribution >= 4 is 28.1 Å². The number of aliphatic imine (C=N–C) groups is 1. The second-order valence-electron chi connectivity index (χ2n) is 5.81. The lowest BCUT2D eigenvalue weighted by Crippen LogP contribution is -2.25. The van der Waals surface area contributed by atoms with Gasteiger partial charge in [-0.2, -0.15) is 0 Å². The Morgan fingerprint density at radius 3 is 2.52 bits per heavy atom. The fourth-order valence-corrected chi connectivity index (χ4v) is 2.94. The molecule has 1 aliphatic heterocycles. The fourth-order valence-electron chi connectivity index (χ4n) is 2.68. The van der Waals surface area contributed by atoms with Gasteiger partial charge in [0.15, 0.2) is 0 Å². The van der Waals surface area contributed by atoms with Gasteiger partial charge < -0.3 is 4.90 Å². The van der Waals surface area contributed by atoms with Gasteiger partial charge in [-0.15, -0.1) is 0 Å². The Labute approximate surface area is 155 Å². The number of benzene rings is 2. The SMILES string of the molecule is O=C(/C(=C/CCc1ccc(Br)cc1)N1C=NCC1)c1ccc(F)cc1. The summed E-state index contributed by atoms with van der Waals surface area (Å²) >= 11 is 3.43. The van der Waals surface area contributed by atoms with Gasteiger partial charge >= 0.3 is 0 Å². The molecule has 0 saturated heterocycles. The molecule has 0 unspecified atom stereocenters. The lowest BCUT2D eigenvalue weighted by atomic mass is 10.0. The molecule has 3 nitrogen and oxygen atoms in total. The smallest absolute Gasteiger partial charge is 0.209 e. The molecule has 0 radical (unpaired) electrons. The summed E-state index contributed by atoms with van der Waals surface area (Å²) in [5, 5.41) is 0. The molecule has 1 aliphatic rings. The number of hydrogen-bond donors (Lipinski definition) is 0. The van der Waals surface area contributed by atoms with Crippen molar-refractivity contribution in [2.75, 3.05) is 13.1 Å². The van der Waals surface area contributed by atoms with Crippen LogP contribution in [0.1, 0.15) is 22.3 Å². The molecule has 1 heterocycles. The van der Waals surface area contributed by atoms with E-state index in [0.29, 0.717) is 24.4 Å². The fraction of sp³-hybridized carbons (Fsp3) is 0.200. The molecular formula is C20H18BrFN2O. The summed E-state index contributed by atoms with van der Waals surface area (Å²) in [6.07, 6.45) is 5.24. The molecule has 2 aromatic rings. The highest BCUT2D eigenvalue weighted by atomic mass is 79.9. The van der Waals surface area contributed by atoms with Gasteiger partial charge in [0.05, 0.1) is 18.6 Å². The summed E-state index contributed by atoms with van der Waals surface area (Å²) in [6, 6.07) is 13.8. The second-order valence-corrected chi connectivity index (χ2v) is 6.72. The number of rotatable bonds is 6. The average Bonchev–Trinajstić information content (AvgIpc) is 3.15. The summed E-state index contributed by atoms with van der Waals surface area (Å²) in [5.74, 6) is -0.454. The standard InChI is InChI=1S/C20H18BrFN2O/c21-17-8-4-15(5-9-17)2-1-3-19(24-13-12-23-14-24)20(25)16-6-10-18(22)11-7-16/h3-11,14H,1-2,12-13H2/b19-3-. The summed E-state index contributed by atoms with van der Waals surface area (Å²) in [6.45, 7) is 1.37. The highest BCUT2D eigenvalue weighted by Crippen LogP contribution is 2.17. The zero-order valence-electron chi connectivity index (χ0n) is 13.7. The van der Waals surface area contributed by atoms with Crippen LogP contribution in [0.25, 0.3) is 0 Å². The number of hydrogen-bond acceptors (Lipinski definition) is 3. The lowest BCUT2D eigenvalue weighted by Gasteiger charge is -2.17. The number of nitrogens with zero attached hydrogens (tertiary/aromatic N) is 2. The molecule has 128 valence electrons. The van der Waals surface area contributed by atoms with Crippen LogP contribution >= 0.6 is 15.9 Å². The Hall–Kier alpha value is -2.27. The number of carbonyl (C=O) groups excluding carboxylic acids is 1. The van der Waals surface area contributed by atoms with Crippen molar-refractivity contribution in [3.63, 3.8) is 0 Å². The van der Waals surface area contributed by atoms with Crippen molar-refractivity contribution in [3.8, 4) is 0 Å². The van der Waals surface area contributed by atoms with Crippen LogP contribution in [-0.4, -0.2) is 30.1 Å². The van der Waals surface area contributed by atoms with Crippen LogP contribution in [0.5, 0.6) is 0 Å². The first-order chi connectivity index (χ1) is 12.1. The molecule has 0 spiro atoms. The van der Waals surface area contributed by atoms with Gasteiger partial charge in [-0.05, 0) is 54.8 Å². The van der Waals surface area contributed by atoms with Crippen LogP contribution in [0.4, 0.5) is 4.39 Å². The topological polar surface area (TPSA) is 32.7 Å². The van der Waals surface area contributed by atoms with E-state index in [2.05, 4.69) is 33.1 Å². The van der Waals surface area contributed by atoms with Crippen molar-refractivity contribution in [2.24, 2.45) is 4.99 Å². The first-order valence-electron chi connectivity index (χ1n) is 8.15. The quantitative estimate of drug-likeness (QED) is 0.522. The van der Waals surface area contributed by atoms with Gasteiger partial charge in [0.1, 0.15) is 5.82 Å². The summed E-state index contributed by atoms with van der Waals surface area (Å²) < 4.78 is 14.2. The number of Topliss-reactive ketones (excluding diaryl/α,β-unsaturated/α-hetero) is 1. The van der Waals surface area contributed by atoms with Crippen molar-refractivity contribution in [3.05, 3.63) is 81.7 Å². The third-order valence-electron chi connectivity index (χ3n) is 4.02. The molecule has 0 N–H and O–H groups in total. The van der Waals surface area contributed by atoms with Crippen molar-refractivity contribution in [1.29, 1.82) is 0 Å². The lowest BCUT2D eigenvalue weighted by molar-refractivity contribution is 0.101. The third-order valence-corrected chi connectivity index (χ3v) is 4.55. The van der Waals surface area contributed by atoms with Crippen LogP contribution in [0.3, 0.4) is 0 Å². The van der Waals surface area contributed by atoms with E-state index in [4.69, 9.17) is 0 Å². The molecule has 2 aromatic carbocycles. The number of carbonyl (C=O) groups is 1. The van der Waals surface area contributed by atoms with E-state index in [1.165, 1.54) is 29.8 Å². The predicted octanol–water partition coefficient (Wildman–Crippen LogP) is 4.63. The van der Waals surface area contributed by atoms with Gasteiger partial charge in [-0.1, -0.05) is 34.1 Å². The maximum Gasteiger partial charge on any atom is 0.209 e. The van der Waals surface area contributed by atoms with E-state index in [0.717, 1.165) is 17.3 Å². The second kappa shape index (κ2) is 8.21. The number of ketones is 1. The molecule has 0 bridgehead atoms. The van der Waals surface area contributed by atoms with Gasteiger partial charge in [-0.25, -0.2) is 4.39 Å². The van der Waals surface area contributed by atoms with E-state index in [1.54, 1.807) is 6.34 Å². The van der Waals surface area contributed by atoms with Gasteiger partial charge in [0, 0.05) is 16.6 Å². The van der Waals surface area contributed by atoms with Crippen molar-refractivity contribution in [2.45, 2.75) is 12.8 Å². The number of aryl methyl sites for hydroxylation is 1. The van der Waals surface area contributed by atoms with E-state index in [1.807, 2.05) is 23.1 Å². The van der Waals surface area contributed by atoms with Gasteiger partial charge in [0.25, 0.3) is 0 Å². The first-order valence-corrected chi connectivity index (χ1v) is 8.94. The summed E-state index contributed by atoms with van der Waals surface area (Å²) in [7, 11) is 0. The van der Waals surface area contributed by atoms with Crippen LogP contribution in [0, 0.1) is 5.82 Å². The normalized spacial score (nSPS) is 14.2. The Morgan fingerprint density at radius 2 is 1.88 bits per heavy atom. The Balaban J connectivity index is 1.76. The Morgan fingerprint density at radius 1 is 1.16 bits per heavy atom. The highest BCUT2D eigenvalue weighted by Gasteiger charge is 2.19. The molecular weight excluding hydrogens is 383 g/mol. The minimum absolute atomic E-state index is 0.107. The molecule has 0 aliphatic carbocycles. The Kier molecular flexibility index (Phi) is 5.76. The maximum absolute atomic E-state index is 13.1. The third kappa shape index (κ3) is 4.63. The monoisotopic (exact) mass is 400 g/mol. The highest BCUT2D eigenvalue weighted by molar-refractivity contribution is 9.10. The minimum atomic E-state index is -0.347. The summed E-state index contributed by atoms with van der Waals surface area (Å²) in [5.41, 5.74) is 2.30. The maximum atomic E-state index is 13.1. The molecule has 0 atom stereocenters. The average molecular weight is 401 g/mol. The first kappa shape index (κ1) is 17.5. The zero-order chi connectivity index (χ0) is 17.6. The van der Waals surface area contributed by atoms with Crippen LogP contribution in [0.2, 0.25) is 0 Å². The number of allylic oxidation sites excluding steroid dienone is 2. The van der Waals surface area contributed by atoms with E-state index in [9.17, 15) is 9.18 Å². The zero-order valence-corrected chi connectivity index (χ0v) is 15.2. The predicted molar refractivity (Wildman–Crippen MR) is 101 cm³/mol. The number of halogens is 2. The van der Waals surface area contributed by atoms with Crippen LogP contribution in [0.15, 0.2) is 69.8 Å². The minimum Gasteiger partial charge on any atom is -0.328 e. The van der Waals surface area contributed by atoms with E-state index < -0.39 is 0 Å².